The smallest absolute Gasteiger partial charge is 0.299 e. The molecule has 0 aliphatic carbocycles. The van der Waals surface area contributed by atoms with E-state index in [-0.39, 0.29) is 23.8 Å². The van der Waals surface area contributed by atoms with Crippen molar-refractivity contribution in [2.24, 2.45) is 0 Å². The van der Waals surface area contributed by atoms with Gasteiger partial charge >= 0.3 is 0 Å². The molecule has 0 spiro atoms. The van der Waals surface area contributed by atoms with Crippen molar-refractivity contribution in [1.29, 1.82) is 0 Å². The molecule has 25 heteroatoms. The van der Waals surface area contributed by atoms with Crippen LogP contribution in [0.15, 0.2) is 61.7 Å². The van der Waals surface area contributed by atoms with E-state index in [0.717, 1.165) is 87.3 Å². The highest BCUT2D eigenvalue weighted by atomic mass is 32.1. The molecule has 0 aromatic carbocycles. The van der Waals surface area contributed by atoms with Crippen molar-refractivity contribution >= 4 is 81.2 Å². The number of nitrogen functional groups attached to an aromatic ring is 2. The molecule has 2 atom stereocenters. The monoisotopic (exact) mass is 1000 g/mol. The molecule has 12 heterocycles. The Hall–Kier alpha value is -7.32. The summed E-state index contributed by atoms with van der Waals surface area (Å²) in [6, 6.07) is 8.00. The van der Waals surface area contributed by atoms with Crippen molar-refractivity contribution in [2.75, 3.05) is 100 Å². The maximum atomic E-state index is 13.0. The van der Waals surface area contributed by atoms with Gasteiger partial charge in [0.2, 0.25) is 23.8 Å². The minimum atomic E-state index is 0.0768. The predicted octanol–water partition coefficient (Wildman–Crippen LogP) is 3.99. The van der Waals surface area contributed by atoms with Crippen LogP contribution >= 0.6 is 22.7 Å². The second-order valence-electron chi connectivity index (χ2n) is 17.1. The fourth-order valence-electron chi connectivity index (χ4n) is 8.74. The van der Waals surface area contributed by atoms with Crippen molar-refractivity contribution in [3.8, 4) is 27.6 Å². The Balaban J connectivity index is 0.000000143. The maximum absolute atomic E-state index is 13.0. The first-order valence-electron chi connectivity index (χ1n) is 23.2. The average molecular weight is 1000 g/mol. The van der Waals surface area contributed by atoms with Crippen LogP contribution in [0.4, 0.5) is 23.8 Å². The van der Waals surface area contributed by atoms with Gasteiger partial charge in [0.05, 0.1) is 56.0 Å². The third kappa shape index (κ3) is 10.6. The minimum Gasteiger partial charge on any atom is -0.418 e. The molecule has 23 nitrogen and oxygen atoms in total. The summed E-state index contributed by atoms with van der Waals surface area (Å²) in [7, 11) is 0. The maximum Gasteiger partial charge on any atom is 0.299 e. The van der Waals surface area contributed by atoms with Crippen LogP contribution in [-0.4, -0.2) is 155 Å². The zero-order chi connectivity index (χ0) is 48.8. The molecule has 8 aromatic rings. The highest BCUT2D eigenvalue weighted by Gasteiger charge is 2.31. The van der Waals surface area contributed by atoms with Crippen LogP contribution in [0.2, 0.25) is 0 Å². The van der Waals surface area contributed by atoms with E-state index < -0.39 is 0 Å². The van der Waals surface area contributed by atoms with E-state index in [1.54, 1.807) is 37.2 Å². The topological polar surface area (TPSA) is 274 Å². The zero-order valence-electron chi connectivity index (χ0n) is 39.1. The Morgan fingerprint density at radius 3 is 1.70 bits per heavy atom. The van der Waals surface area contributed by atoms with Gasteiger partial charge in [-0.05, 0) is 57.5 Å². The number of nitrogens with one attached hydrogen (secondary N) is 1. The number of morpholine rings is 2. The van der Waals surface area contributed by atoms with Gasteiger partial charge in [0, 0.05) is 91.5 Å². The van der Waals surface area contributed by atoms with Crippen molar-refractivity contribution in [2.45, 2.75) is 38.8 Å². The van der Waals surface area contributed by atoms with Crippen molar-refractivity contribution in [1.82, 2.24) is 69.2 Å². The van der Waals surface area contributed by atoms with Crippen LogP contribution in [0.3, 0.4) is 0 Å². The Labute approximate surface area is 415 Å². The van der Waals surface area contributed by atoms with Crippen LogP contribution in [0, 0.1) is 13.8 Å². The van der Waals surface area contributed by atoms with Gasteiger partial charge in [0.15, 0.2) is 16.4 Å². The van der Waals surface area contributed by atoms with Crippen molar-refractivity contribution < 1.29 is 23.8 Å². The predicted molar refractivity (Wildman–Crippen MR) is 268 cm³/mol. The van der Waals surface area contributed by atoms with Gasteiger partial charge in [-0.1, -0.05) is 0 Å². The number of aryl methyl sites for hydroxylation is 2. The number of likely N-dealkylation sites (tertiary alicyclic amines) is 1. The van der Waals surface area contributed by atoms with Crippen molar-refractivity contribution in [3.63, 3.8) is 0 Å². The first kappa shape index (κ1) is 47.4. The second kappa shape index (κ2) is 21.4. The fraction of sp³-hybridized carbons (Fsp3) is 0.391. The normalized spacial score (nSPS) is 18.0. The first-order valence-corrected chi connectivity index (χ1v) is 24.9. The molecule has 71 heavy (non-hydrogen) atoms. The third-order valence-electron chi connectivity index (χ3n) is 12.4. The largest absolute Gasteiger partial charge is 0.418 e. The van der Waals surface area contributed by atoms with Crippen LogP contribution in [-0.2, 0) is 14.3 Å². The summed E-state index contributed by atoms with van der Waals surface area (Å²) < 4.78 is 19.8. The van der Waals surface area contributed by atoms with E-state index in [1.165, 1.54) is 22.7 Å². The number of fused-ring (bicyclic) bond motifs is 2. The molecule has 4 aliphatic heterocycles. The first-order chi connectivity index (χ1) is 34.7. The van der Waals surface area contributed by atoms with E-state index in [4.69, 9.17) is 40.9 Å². The molecule has 4 aliphatic rings. The number of anilines is 4. The Morgan fingerprint density at radius 1 is 0.690 bits per heavy atom. The molecule has 368 valence electrons. The fourth-order valence-corrected chi connectivity index (χ4v) is 10.2. The Bertz CT molecular complexity index is 3110. The second-order valence-corrected chi connectivity index (χ2v) is 19.6. The molecular formula is C46H52N18O5S2. The summed E-state index contributed by atoms with van der Waals surface area (Å²) in [5.41, 5.74) is 17.3. The standard InChI is InChI=1S/C23H25N9O2S.C17H21N9O.C6H6O2S/c1-14-2-3-17(35-14)21(33)31-5-4-16(12-31)32-13-27-19-18(15-10-25-22(24)26-11-15)28-23(29-20(19)32)30-6-8-34-9-7-30;18-16-20-7-11(8-21-16)13-14-15(26(10-22-14)12-1-2-19-9-12)24-17(23-13)25-3-5-27-6-4-25;1-5-2-3-6(9-5)8-4-7/h2-3,10-11,13,16H,4-9,12H2,1H3,(H2,24,25,26);7-8,10,12,19H,1-6,9H2,(H2,18,20,21);2-4H,1H3. The lowest BCUT2D eigenvalue weighted by atomic mass is 10.2. The van der Waals surface area contributed by atoms with E-state index >= 15 is 0 Å². The van der Waals surface area contributed by atoms with E-state index in [2.05, 4.69) is 58.9 Å². The van der Waals surface area contributed by atoms with Gasteiger partial charge in [0.1, 0.15) is 22.4 Å². The van der Waals surface area contributed by atoms with Crippen molar-refractivity contribution in [3.05, 3.63) is 76.3 Å². The third-order valence-corrected chi connectivity index (χ3v) is 14.3. The Kier molecular flexibility index (Phi) is 14.2. The number of rotatable bonds is 9. The number of hydrogen-bond acceptors (Lipinski definition) is 22. The molecule has 1 amide bonds. The van der Waals surface area contributed by atoms with E-state index in [9.17, 15) is 9.59 Å². The number of imidazole rings is 2. The minimum absolute atomic E-state index is 0.0768. The number of aromatic nitrogens is 12. The van der Waals surface area contributed by atoms with Gasteiger partial charge in [-0.2, -0.15) is 9.97 Å². The Morgan fingerprint density at radius 2 is 1.23 bits per heavy atom. The highest BCUT2D eigenvalue weighted by molar-refractivity contribution is 7.14. The van der Waals surface area contributed by atoms with Crippen LogP contribution in [0.5, 0.6) is 5.06 Å². The average Bonchev–Trinajstić information content (AvgIpc) is 4.28. The summed E-state index contributed by atoms with van der Waals surface area (Å²) in [4.78, 5) is 77.3. The summed E-state index contributed by atoms with van der Waals surface area (Å²) >= 11 is 2.99. The number of ether oxygens (including phenoxy) is 3. The van der Waals surface area contributed by atoms with E-state index in [0.29, 0.717) is 93.3 Å². The molecular weight excluding hydrogens is 949 g/mol. The molecule has 0 radical (unpaired) electrons. The van der Waals surface area contributed by atoms with Gasteiger partial charge in [-0.3, -0.25) is 9.59 Å². The number of carbonyl (C=O) groups excluding carboxylic acids is 2. The molecule has 0 bridgehead atoms. The number of nitrogens with zero attached hydrogens (tertiary/aromatic N) is 15. The molecule has 8 aromatic heterocycles. The van der Waals surface area contributed by atoms with Crippen LogP contribution in [0.25, 0.3) is 44.8 Å². The van der Waals surface area contributed by atoms with Gasteiger partial charge in [-0.15, -0.1) is 22.7 Å². The van der Waals surface area contributed by atoms with Crippen LogP contribution in [0.1, 0.15) is 44.4 Å². The number of carbonyl (C=O) groups is 2. The zero-order valence-corrected chi connectivity index (χ0v) is 40.8. The molecule has 4 saturated heterocycles. The van der Waals surface area contributed by atoms with Gasteiger partial charge < -0.3 is 54.8 Å². The summed E-state index contributed by atoms with van der Waals surface area (Å²) in [6.07, 6.45) is 12.2. The number of thiophene rings is 2. The molecule has 5 N–H and O–H groups in total. The summed E-state index contributed by atoms with van der Waals surface area (Å²) in [5.74, 6) is 1.83. The number of nitrogens with two attached hydrogens (primary N) is 2. The SMILES string of the molecule is Cc1ccc(C(=O)N2CCC(n3cnc4c(-c5cnc(N)nc5)nc(N5CCOCC5)nc43)C2)s1.Cc1ccc(OC=O)s1.Nc1ncc(-c2nc(N3CCOCC3)nc3c2ncn3C2CCNC2)cn1. The van der Waals surface area contributed by atoms with Gasteiger partial charge in [-0.25, -0.2) is 39.9 Å². The number of hydrogen-bond donors (Lipinski definition) is 3. The van der Waals surface area contributed by atoms with E-state index in [1.807, 2.05) is 43.3 Å². The molecule has 4 fully saturated rings. The lowest BCUT2D eigenvalue weighted by Gasteiger charge is -2.27. The molecule has 12 rings (SSSR count). The molecule has 0 saturated carbocycles. The quantitative estimate of drug-likeness (QED) is 0.172. The lowest BCUT2D eigenvalue weighted by Crippen LogP contribution is -2.37. The lowest BCUT2D eigenvalue weighted by molar-refractivity contribution is -0.120. The summed E-state index contributed by atoms with van der Waals surface area (Å²) in [6.45, 7) is 13.2. The number of amides is 1. The van der Waals surface area contributed by atoms with Crippen LogP contribution < -0.4 is 31.3 Å². The highest BCUT2D eigenvalue weighted by Crippen LogP contribution is 2.33. The molecule has 2 unspecified atom stereocenters. The van der Waals surface area contributed by atoms with Gasteiger partial charge in [0.25, 0.3) is 12.4 Å². The summed E-state index contributed by atoms with van der Waals surface area (Å²) in [5, 5.41) is 4.06.